The van der Waals surface area contributed by atoms with Crippen LogP contribution in [0.5, 0.6) is 0 Å². The summed E-state index contributed by atoms with van der Waals surface area (Å²) in [6.07, 6.45) is 2.99. The Balaban J connectivity index is 1.63. The van der Waals surface area contributed by atoms with E-state index in [0.717, 1.165) is 17.8 Å². The predicted molar refractivity (Wildman–Crippen MR) is 101 cm³/mol. The average Bonchev–Trinajstić information content (AvgIpc) is 3.08. The maximum Gasteiger partial charge on any atom is 0.227 e. The zero-order valence-corrected chi connectivity index (χ0v) is 15.1. The van der Waals surface area contributed by atoms with E-state index < -0.39 is 0 Å². The lowest BCUT2D eigenvalue weighted by Gasteiger charge is -2.22. The number of anilines is 2. The molecular formula is C20H19N3OS. The molecule has 0 unspecified atom stereocenters. The second-order valence-corrected chi connectivity index (χ2v) is 7.58. The minimum Gasteiger partial charge on any atom is -0.324 e. The quantitative estimate of drug-likeness (QED) is 0.737. The van der Waals surface area contributed by atoms with Crippen molar-refractivity contribution in [3.8, 4) is 0 Å². The van der Waals surface area contributed by atoms with E-state index in [1.54, 1.807) is 17.5 Å². The number of nitrogens with zero attached hydrogens (tertiary/aromatic N) is 2. The molecule has 2 heterocycles. The molecule has 0 saturated heterocycles. The van der Waals surface area contributed by atoms with Gasteiger partial charge in [-0.3, -0.25) is 4.79 Å². The van der Waals surface area contributed by atoms with E-state index in [2.05, 4.69) is 58.8 Å². The third-order valence-electron chi connectivity index (χ3n) is 4.46. The van der Waals surface area contributed by atoms with E-state index in [4.69, 9.17) is 0 Å². The molecule has 0 amide bonds. The van der Waals surface area contributed by atoms with Crippen LogP contribution in [0.3, 0.4) is 0 Å². The summed E-state index contributed by atoms with van der Waals surface area (Å²) in [7, 11) is 0. The van der Waals surface area contributed by atoms with Gasteiger partial charge in [-0.05, 0) is 55.0 Å². The van der Waals surface area contributed by atoms with E-state index in [-0.39, 0.29) is 11.7 Å². The van der Waals surface area contributed by atoms with Crippen LogP contribution >= 0.6 is 11.3 Å². The van der Waals surface area contributed by atoms with E-state index in [1.807, 2.05) is 6.07 Å². The van der Waals surface area contributed by atoms with Gasteiger partial charge in [-0.25, -0.2) is 9.97 Å². The molecule has 1 aliphatic rings. The molecule has 0 fully saturated rings. The van der Waals surface area contributed by atoms with Crippen molar-refractivity contribution in [2.75, 3.05) is 5.32 Å². The van der Waals surface area contributed by atoms with Gasteiger partial charge in [0.15, 0.2) is 5.78 Å². The lowest BCUT2D eigenvalue weighted by Crippen LogP contribution is -2.20. The SMILES string of the molecule is Cc1cc(C)cc(Nc2ncc3c(n2)C[C@H](c2cccs2)CC3=O)c1. The molecule has 4 rings (SSSR count). The average molecular weight is 349 g/mol. The van der Waals surface area contributed by atoms with Crippen molar-refractivity contribution < 1.29 is 4.79 Å². The number of hydrogen-bond acceptors (Lipinski definition) is 5. The van der Waals surface area contributed by atoms with Crippen LogP contribution in [0, 0.1) is 13.8 Å². The number of carbonyl (C=O) groups excluding carboxylic acids is 1. The van der Waals surface area contributed by atoms with E-state index >= 15 is 0 Å². The molecule has 3 aromatic rings. The lowest BCUT2D eigenvalue weighted by atomic mass is 9.86. The number of hydrogen-bond donors (Lipinski definition) is 1. The van der Waals surface area contributed by atoms with Crippen LogP contribution < -0.4 is 5.32 Å². The minimum absolute atomic E-state index is 0.137. The molecule has 1 aliphatic carbocycles. The number of Topliss-reactive ketones (excluding diaryl/α,β-unsaturated/α-hetero) is 1. The molecule has 0 aliphatic heterocycles. The lowest BCUT2D eigenvalue weighted by molar-refractivity contribution is 0.0963. The van der Waals surface area contributed by atoms with Crippen LogP contribution in [-0.2, 0) is 6.42 Å². The highest BCUT2D eigenvalue weighted by atomic mass is 32.1. The summed E-state index contributed by atoms with van der Waals surface area (Å²) < 4.78 is 0. The van der Waals surface area contributed by atoms with Gasteiger partial charge in [-0.1, -0.05) is 12.1 Å². The van der Waals surface area contributed by atoms with Crippen molar-refractivity contribution in [3.63, 3.8) is 0 Å². The molecule has 1 aromatic carbocycles. The standard InChI is InChI=1S/C20H19N3OS/c1-12-6-13(2)8-15(7-12)22-20-21-11-16-17(23-20)9-14(10-18(16)24)19-4-3-5-25-19/h3-8,11,14H,9-10H2,1-2H3,(H,21,22,23)/t14-/m0/s1. The third-order valence-corrected chi connectivity index (χ3v) is 5.50. The van der Waals surface area contributed by atoms with Crippen molar-refractivity contribution in [1.82, 2.24) is 9.97 Å². The molecule has 2 aromatic heterocycles. The predicted octanol–water partition coefficient (Wildman–Crippen LogP) is 4.81. The maximum absolute atomic E-state index is 12.5. The fourth-order valence-corrected chi connectivity index (χ4v) is 4.24. The number of aromatic nitrogens is 2. The molecule has 25 heavy (non-hydrogen) atoms. The molecule has 0 bridgehead atoms. The Bertz CT molecular complexity index is 914. The van der Waals surface area contributed by atoms with Crippen LogP contribution in [-0.4, -0.2) is 15.8 Å². The smallest absolute Gasteiger partial charge is 0.227 e. The van der Waals surface area contributed by atoms with Crippen molar-refractivity contribution in [2.24, 2.45) is 0 Å². The maximum atomic E-state index is 12.5. The van der Waals surface area contributed by atoms with Crippen LogP contribution in [0.25, 0.3) is 0 Å². The topological polar surface area (TPSA) is 54.9 Å². The summed E-state index contributed by atoms with van der Waals surface area (Å²) in [6, 6.07) is 10.4. The molecule has 1 atom stereocenters. The van der Waals surface area contributed by atoms with Crippen molar-refractivity contribution in [3.05, 3.63) is 69.2 Å². The summed E-state index contributed by atoms with van der Waals surface area (Å²) in [5, 5.41) is 5.33. The van der Waals surface area contributed by atoms with Crippen molar-refractivity contribution >= 4 is 28.8 Å². The number of ketones is 1. The largest absolute Gasteiger partial charge is 0.324 e. The Morgan fingerprint density at radius 3 is 2.68 bits per heavy atom. The fourth-order valence-electron chi connectivity index (χ4n) is 3.41. The van der Waals surface area contributed by atoms with Gasteiger partial charge in [0.2, 0.25) is 5.95 Å². The van der Waals surface area contributed by atoms with E-state index in [1.165, 1.54) is 16.0 Å². The Morgan fingerprint density at radius 2 is 1.96 bits per heavy atom. The number of rotatable bonds is 3. The zero-order chi connectivity index (χ0) is 17.4. The molecule has 0 saturated carbocycles. The molecule has 1 N–H and O–H groups in total. The van der Waals surface area contributed by atoms with Gasteiger partial charge >= 0.3 is 0 Å². The first-order chi connectivity index (χ1) is 12.1. The molecule has 5 heteroatoms. The van der Waals surface area contributed by atoms with Gasteiger partial charge in [-0.2, -0.15) is 0 Å². The highest BCUT2D eigenvalue weighted by Gasteiger charge is 2.28. The van der Waals surface area contributed by atoms with Gasteiger partial charge in [0.25, 0.3) is 0 Å². The Morgan fingerprint density at radius 1 is 1.16 bits per heavy atom. The summed E-state index contributed by atoms with van der Waals surface area (Å²) >= 11 is 1.70. The normalized spacial score (nSPS) is 16.6. The first kappa shape index (κ1) is 16.0. The summed E-state index contributed by atoms with van der Waals surface area (Å²) in [4.78, 5) is 22.7. The van der Waals surface area contributed by atoms with Gasteiger partial charge in [0.05, 0.1) is 11.3 Å². The van der Waals surface area contributed by atoms with Gasteiger partial charge in [0.1, 0.15) is 0 Å². The third kappa shape index (κ3) is 3.33. The zero-order valence-electron chi connectivity index (χ0n) is 14.2. The first-order valence-electron chi connectivity index (χ1n) is 8.36. The van der Waals surface area contributed by atoms with E-state index in [0.29, 0.717) is 17.9 Å². The number of aryl methyl sites for hydroxylation is 2. The summed E-state index contributed by atoms with van der Waals surface area (Å²) in [6.45, 7) is 4.13. The summed E-state index contributed by atoms with van der Waals surface area (Å²) in [5.41, 5.74) is 4.85. The van der Waals surface area contributed by atoms with Crippen LogP contribution in [0.1, 0.15) is 44.4 Å². The highest BCUT2D eigenvalue weighted by Crippen LogP contribution is 2.34. The molecule has 126 valence electrons. The fraction of sp³-hybridized carbons (Fsp3) is 0.250. The highest BCUT2D eigenvalue weighted by molar-refractivity contribution is 7.10. The van der Waals surface area contributed by atoms with Gasteiger partial charge < -0.3 is 5.32 Å². The molecule has 0 radical (unpaired) electrons. The number of fused-ring (bicyclic) bond motifs is 1. The Labute approximate surface area is 151 Å². The second-order valence-electron chi connectivity index (χ2n) is 6.60. The minimum atomic E-state index is 0.137. The van der Waals surface area contributed by atoms with Crippen LogP contribution in [0.15, 0.2) is 41.9 Å². The summed E-state index contributed by atoms with van der Waals surface area (Å²) in [5.74, 6) is 0.907. The number of nitrogens with one attached hydrogen (secondary N) is 1. The Kier molecular flexibility index (Phi) is 4.09. The first-order valence-corrected chi connectivity index (χ1v) is 9.24. The second kappa shape index (κ2) is 6.41. The van der Waals surface area contributed by atoms with Gasteiger partial charge in [-0.15, -0.1) is 11.3 Å². The van der Waals surface area contributed by atoms with Crippen LogP contribution in [0.2, 0.25) is 0 Å². The number of carbonyl (C=O) groups is 1. The van der Waals surface area contributed by atoms with E-state index in [9.17, 15) is 4.79 Å². The monoisotopic (exact) mass is 349 g/mol. The molecule has 4 nitrogen and oxygen atoms in total. The Hall–Kier alpha value is -2.53. The van der Waals surface area contributed by atoms with Crippen LogP contribution in [0.4, 0.5) is 11.6 Å². The van der Waals surface area contributed by atoms with Crippen molar-refractivity contribution in [2.45, 2.75) is 32.6 Å². The molecular weight excluding hydrogens is 330 g/mol. The van der Waals surface area contributed by atoms with Gasteiger partial charge in [0, 0.05) is 29.1 Å². The number of benzene rings is 1. The number of thiophene rings is 1. The molecule has 0 spiro atoms. The van der Waals surface area contributed by atoms with Crippen molar-refractivity contribution in [1.29, 1.82) is 0 Å².